The van der Waals surface area contributed by atoms with Crippen molar-refractivity contribution in [2.24, 2.45) is 11.8 Å². The number of rotatable bonds is 5. The smallest absolute Gasteiger partial charge is 0.312 e. The molecule has 3 saturated heterocycles. The van der Waals surface area contributed by atoms with Crippen molar-refractivity contribution in [2.45, 2.75) is 50.9 Å². The Morgan fingerprint density at radius 2 is 2.22 bits per heavy atom. The Hall–Kier alpha value is -1.16. The van der Waals surface area contributed by atoms with Crippen molar-refractivity contribution < 1.29 is 19.1 Å². The van der Waals surface area contributed by atoms with Gasteiger partial charge in [0.1, 0.15) is 12.2 Å². The number of Topliss-reactive ketones (excluding diaryl/α,β-unsaturated/α-hetero) is 1. The van der Waals surface area contributed by atoms with E-state index in [9.17, 15) is 9.59 Å². The molecule has 4 heteroatoms. The molecule has 0 N–H and O–H groups in total. The summed E-state index contributed by atoms with van der Waals surface area (Å²) in [5, 5.41) is 0. The number of hydrogen-bond acceptors (Lipinski definition) is 4. The van der Waals surface area contributed by atoms with E-state index in [1.807, 2.05) is 0 Å². The van der Waals surface area contributed by atoms with Gasteiger partial charge in [0.25, 0.3) is 0 Å². The number of fused-ring (bicyclic) bond motifs is 1. The fraction of sp³-hybridized carbons (Fsp3) is 0.714. The minimum atomic E-state index is -0.0898. The van der Waals surface area contributed by atoms with Crippen LogP contribution in [-0.4, -0.2) is 30.1 Å². The van der Waals surface area contributed by atoms with E-state index in [1.54, 1.807) is 6.92 Å². The lowest BCUT2D eigenvalue weighted by molar-refractivity contribution is -0.144. The van der Waals surface area contributed by atoms with Crippen LogP contribution in [0.2, 0.25) is 0 Å². The predicted molar refractivity (Wildman–Crippen MR) is 63.8 cm³/mol. The fourth-order valence-electron chi connectivity index (χ4n) is 3.44. The molecule has 3 fully saturated rings. The molecule has 2 bridgehead atoms. The normalized spacial score (nSPS) is 40.1. The van der Waals surface area contributed by atoms with Gasteiger partial charge in [-0.25, -0.2) is 0 Å². The van der Waals surface area contributed by atoms with Crippen molar-refractivity contribution >= 4 is 11.8 Å². The molecule has 0 aliphatic carbocycles. The molecule has 5 unspecified atom stereocenters. The zero-order valence-corrected chi connectivity index (χ0v) is 10.6. The summed E-state index contributed by atoms with van der Waals surface area (Å²) in [4.78, 5) is 23.0. The summed E-state index contributed by atoms with van der Waals surface area (Å²) in [7, 11) is 0. The van der Waals surface area contributed by atoms with Gasteiger partial charge in [-0.2, -0.15) is 0 Å². The van der Waals surface area contributed by atoms with E-state index in [1.165, 1.54) is 0 Å². The molecule has 0 aromatic rings. The minimum absolute atomic E-state index is 0.00987. The molecular formula is C14H18O4. The van der Waals surface area contributed by atoms with Crippen molar-refractivity contribution in [2.75, 3.05) is 0 Å². The Kier molecular flexibility index (Phi) is 2.77. The molecule has 3 rings (SSSR count). The lowest BCUT2D eigenvalue weighted by Crippen LogP contribution is -2.31. The quantitative estimate of drug-likeness (QED) is 0.549. The lowest BCUT2D eigenvalue weighted by Gasteiger charge is -2.21. The third kappa shape index (κ3) is 1.70. The molecule has 0 spiro atoms. The lowest BCUT2D eigenvalue weighted by atomic mass is 9.79. The molecule has 3 aliphatic rings. The second-order valence-corrected chi connectivity index (χ2v) is 5.64. The number of allylic oxidation sites excluding steroid dienone is 1. The molecule has 0 aromatic heterocycles. The second kappa shape index (κ2) is 4.19. The average molecular weight is 250 g/mol. The van der Waals surface area contributed by atoms with E-state index in [0.29, 0.717) is 12.0 Å². The molecule has 3 heterocycles. The summed E-state index contributed by atoms with van der Waals surface area (Å²) in [6.45, 7) is 5.39. The Morgan fingerprint density at radius 1 is 1.44 bits per heavy atom. The number of carbonyl (C=O) groups is 2. The maximum absolute atomic E-state index is 11.5. The molecule has 18 heavy (non-hydrogen) atoms. The van der Waals surface area contributed by atoms with Crippen LogP contribution in [0, 0.1) is 11.8 Å². The van der Waals surface area contributed by atoms with Gasteiger partial charge in [0, 0.05) is 12.3 Å². The van der Waals surface area contributed by atoms with Gasteiger partial charge in [-0.05, 0) is 31.8 Å². The summed E-state index contributed by atoms with van der Waals surface area (Å²) < 4.78 is 11.2. The Balaban J connectivity index is 1.55. The summed E-state index contributed by atoms with van der Waals surface area (Å²) >= 11 is 0. The standard InChI is InChI=1S/C14H18O4/c1-7(2)10(15)5-3-4-8-11-6-9-13(17-11)12(8)18-14(9)16/h8-9,11-13H,1,3-6H2,2H3. The highest BCUT2D eigenvalue weighted by molar-refractivity contribution is 5.93. The highest BCUT2D eigenvalue weighted by Gasteiger charge is 2.62. The molecule has 98 valence electrons. The first-order valence-corrected chi connectivity index (χ1v) is 6.62. The fourth-order valence-corrected chi connectivity index (χ4v) is 3.44. The summed E-state index contributed by atoms with van der Waals surface area (Å²) in [6.07, 6.45) is 3.15. The van der Waals surface area contributed by atoms with Gasteiger partial charge in [-0.3, -0.25) is 9.59 Å². The topological polar surface area (TPSA) is 52.6 Å². The zero-order valence-electron chi connectivity index (χ0n) is 10.6. The van der Waals surface area contributed by atoms with Gasteiger partial charge in [0.2, 0.25) is 0 Å². The van der Waals surface area contributed by atoms with Gasteiger partial charge >= 0.3 is 5.97 Å². The SMILES string of the molecule is C=C(C)C(=O)CCCC1C2CC3C(=O)OC1C3O2. The number of carbonyl (C=O) groups excluding carboxylic acids is 2. The molecule has 0 saturated carbocycles. The van der Waals surface area contributed by atoms with Crippen molar-refractivity contribution in [3.05, 3.63) is 12.2 Å². The Labute approximate surface area is 106 Å². The van der Waals surface area contributed by atoms with Crippen LogP contribution in [0.4, 0.5) is 0 Å². The third-order valence-electron chi connectivity index (χ3n) is 4.41. The predicted octanol–water partition coefficient (Wildman–Crippen LogP) is 1.63. The van der Waals surface area contributed by atoms with Crippen LogP contribution in [0.15, 0.2) is 12.2 Å². The highest BCUT2D eigenvalue weighted by Crippen LogP contribution is 2.50. The molecule has 5 atom stereocenters. The number of esters is 1. The largest absolute Gasteiger partial charge is 0.459 e. The average Bonchev–Trinajstić information content (AvgIpc) is 2.92. The van der Waals surface area contributed by atoms with E-state index >= 15 is 0 Å². The van der Waals surface area contributed by atoms with Crippen LogP contribution in [0.25, 0.3) is 0 Å². The molecule has 4 nitrogen and oxygen atoms in total. The first-order valence-electron chi connectivity index (χ1n) is 6.62. The van der Waals surface area contributed by atoms with Gasteiger partial charge in [-0.1, -0.05) is 6.58 Å². The van der Waals surface area contributed by atoms with E-state index in [-0.39, 0.29) is 41.9 Å². The maximum atomic E-state index is 11.5. The van der Waals surface area contributed by atoms with Gasteiger partial charge < -0.3 is 9.47 Å². The first kappa shape index (κ1) is 11.9. The van der Waals surface area contributed by atoms with Crippen molar-refractivity contribution in [1.29, 1.82) is 0 Å². The van der Waals surface area contributed by atoms with Crippen LogP contribution >= 0.6 is 0 Å². The van der Waals surface area contributed by atoms with Gasteiger partial charge in [-0.15, -0.1) is 0 Å². The van der Waals surface area contributed by atoms with Crippen molar-refractivity contribution in [3.8, 4) is 0 Å². The minimum Gasteiger partial charge on any atom is -0.459 e. The first-order chi connectivity index (χ1) is 8.58. The van der Waals surface area contributed by atoms with E-state index in [2.05, 4.69) is 6.58 Å². The van der Waals surface area contributed by atoms with Crippen LogP contribution in [-0.2, 0) is 19.1 Å². The van der Waals surface area contributed by atoms with Crippen LogP contribution in [0.5, 0.6) is 0 Å². The van der Waals surface area contributed by atoms with E-state index in [0.717, 1.165) is 19.3 Å². The Morgan fingerprint density at radius 3 is 2.94 bits per heavy atom. The van der Waals surface area contributed by atoms with Crippen molar-refractivity contribution in [1.82, 2.24) is 0 Å². The number of ether oxygens (including phenoxy) is 2. The summed E-state index contributed by atoms with van der Waals surface area (Å²) in [6, 6.07) is 0. The number of ketones is 1. The number of hydrogen-bond donors (Lipinski definition) is 0. The molecule has 0 radical (unpaired) electrons. The van der Waals surface area contributed by atoms with E-state index in [4.69, 9.17) is 9.47 Å². The summed E-state index contributed by atoms with van der Waals surface area (Å²) in [5.41, 5.74) is 0.617. The molecular weight excluding hydrogens is 232 g/mol. The molecule has 0 amide bonds. The van der Waals surface area contributed by atoms with E-state index < -0.39 is 0 Å². The third-order valence-corrected chi connectivity index (χ3v) is 4.41. The van der Waals surface area contributed by atoms with Gasteiger partial charge in [0.05, 0.1) is 12.0 Å². The zero-order chi connectivity index (χ0) is 12.9. The highest BCUT2D eigenvalue weighted by atomic mass is 16.6. The molecule has 3 aliphatic heterocycles. The molecule has 0 aromatic carbocycles. The second-order valence-electron chi connectivity index (χ2n) is 5.64. The van der Waals surface area contributed by atoms with Crippen LogP contribution in [0.1, 0.15) is 32.6 Å². The van der Waals surface area contributed by atoms with Crippen molar-refractivity contribution in [3.63, 3.8) is 0 Å². The summed E-state index contributed by atoms with van der Waals surface area (Å²) in [5.74, 6) is 0.303. The van der Waals surface area contributed by atoms with Gasteiger partial charge in [0.15, 0.2) is 5.78 Å². The monoisotopic (exact) mass is 250 g/mol. The maximum Gasteiger partial charge on any atom is 0.312 e. The van der Waals surface area contributed by atoms with Crippen LogP contribution in [0.3, 0.4) is 0 Å². The Bertz CT molecular complexity index is 414. The van der Waals surface area contributed by atoms with Crippen LogP contribution < -0.4 is 0 Å².